The zero-order chi connectivity index (χ0) is 10.7. The highest BCUT2D eigenvalue weighted by molar-refractivity contribution is 5.91. The maximum absolute atomic E-state index is 11.6. The van der Waals surface area contributed by atoms with Crippen molar-refractivity contribution < 1.29 is 9.32 Å². The Bertz CT molecular complexity index is 378. The van der Waals surface area contributed by atoms with Crippen LogP contribution in [0.2, 0.25) is 0 Å². The van der Waals surface area contributed by atoms with E-state index in [0.29, 0.717) is 11.7 Å². The van der Waals surface area contributed by atoms with Crippen molar-refractivity contribution in [1.82, 2.24) is 15.0 Å². The maximum Gasteiger partial charge on any atom is 0.250 e. The van der Waals surface area contributed by atoms with Gasteiger partial charge in [0.05, 0.1) is 0 Å². The molecule has 2 rings (SSSR count). The Kier molecular flexibility index (Phi) is 2.80. The third kappa shape index (κ3) is 2.43. The van der Waals surface area contributed by atoms with Crippen molar-refractivity contribution in [2.45, 2.75) is 19.8 Å². The van der Waals surface area contributed by atoms with Crippen LogP contribution in [0.1, 0.15) is 24.6 Å². The fourth-order valence-electron chi connectivity index (χ4n) is 1.57. The fourth-order valence-corrected chi connectivity index (χ4v) is 1.57. The van der Waals surface area contributed by atoms with E-state index in [0.717, 1.165) is 25.9 Å². The van der Waals surface area contributed by atoms with Gasteiger partial charge in [0.2, 0.25) is 5.91 Å². The monoisotopic (exact) mass is 207 g/mol. The van der Waals surface area contributed by atoms with Crippen LogP contribution in [0.5, 0.6) is 0 Å². The molecule has 1 saturated heterocycles. The lowest BCUT2D eigenvalue weighted by molar-refractivity contribution is -0.124. The minimum absolute atomic E-state index is 0.0170. The van der Waals surface area contributed by atoms with Gasteiger partial charge >= 0.3 is 0 Å². The van der Waals surface area contributed by atoms with Gasteiger partial charge in [-0.2, -0.15) is 4.98 Å². The third-order valence-corrected chi connectivity index (χ3v) is 2.33. The molecule has 1 aliphatic heterocycles. The molecular formula is C10H13N3O2. The number of hydrogen-bond acceptors (Lipinski definition) is 4. The quantitative estimate of drug-likeness (QED) is 0.679. The minimum atomic E-state index is 0.0170. The van der Waals surface area contributed by atoms with Crippen molar-refractivity contribution >= 4 is 12.0 Å². The molecule has 0 atom stereocenters. The molecule has 5 nitrogen and oxygen atoms in total. The molecule has 80 valence electrons. The number of carbonyl (C=O) groups excluding carboxylic acids is 1. The van der Waals surface area contributed by atoms with Crippen molar-refractivity contribution in [1.29, 1.82) is 0 Å². The summed E-state index contributed by atoms with van der Waals surface area (Å²) in [6.45, 7) is 3.45. The van der Waals surface area contributed by atoms with Crippen LogP contribution in [0.25, 0.3) is 6.08 Å². The first-order valence-corrected chi connectivity index (χ1v) is 5.03. The molecular weight excluding hydrogens is 194 g/mol. The third-order valence-electron chi connectivity index (χ3n) is 2.33. The van der Waals surface area contributed by atoms with Crippen LogP contribution >= 0.6 is 0 Å². The second-order valence-electron chi connectivity index (χ2n) is 3.55. The van der Waals surface area contributed by atoms with E-state index in [1.54, 1.807) is 13.0 Å². The summed E-state index contributed by atoms with van der Waals surface area (Å²) < 4.78 is 4.86. The Labute approximate surface area is 87.8 Å². The van der Waals surface area contributed by atoms with Gasteiger partial charge in [-0.05, 0) is 19.8 Å². The van der Waals surface area contributed by atoms with Gasteiger partial charge in [0.25, 0.3) is 5.89 Å². The van der Waals surface area contributed by atoms with Gasteiger partial charge < -0.3 is 9.42 Å². The summed E-state index contributed by atoms with van der Waals surface area (Å²) in [5.41, 5.74) is 0. The van der Waals surface area contributed by atoms with Gasteiger partial charge in [0.15, 0.2) is 5.82 Å². The average molecular weight is 207 g/mol. The van der Waals surface area contributed by atoms with Crippen molar-refractivity contribution in [3.8, 4) is 0 Å². The van der Waals surface area contributed by atoms with E-state index >= 15 is 0 Å². The minimum Gasteiger partial charge on any atom is -0.339 e. The molecule has 2 heterocycles. The van der Waals surface area contributed by atoms with Crippen LogP contribution in [0, 0.1) is 6.92 Å². The molecule has 15 heavy (non-hydrogen) atoms. The SMILES string of the molecule is Cc1noc(/C=C/C(=O)N2CCCC2)n1. The van der Waals surface area contributed by atoms with Gasteiger partial charge in [-0.3, -0.25) is 4.79 Å². The lowest BCUT2D eigenvalue weighted by Gasteiger charge is -2.11. The Balaban J connectivity index is 1.95. The lowest BCUT2D eigenvalue weighted by Crippen LogP contribution is -2.25. The van der Waals surface area contributed by atoms with Crippen LogP contribution < -0.4 is 0 Å². The Morgan fingerprint density at radius 1 is 1.47 bits per heavy atom. The van der Waals surface area contributed by atoms with Crippen LogP contribution in [0.4, 0.5) is 0 Å². The van der Waals surface area contributed by atoms with Gasteiger partial charge in [-0.15, -0.1) is 0 Å². The lowest BCUT2D eigenvalue weighted by atomic mass is 10.4. The number of aromatic nitrogens is 2. The van der Waals surface area contributed by atoms with Crippen LogP contribution in [-0.4, -0.2) is 34.0 Å². The van der Waals surface area contributed by atoms with Crippen LogP contribution in [0.15, 0.2) is 10.6 Å². The molecule has 1 amide bonds. The smallest absolute Gasteiger partial charge is 0.250 e. The van der Waals surface area contributed by atoms with E-state index in [2.05, 4.69) is 10.1 Å². The van der Waals surface area contributed by atoms with Crippen LogP contribution in [-0.2, 0) is 4.79 Å². The molecule has 0 spiro atoms. The highest BCUT2D eigenvalue weighted by Gasteiger charge is 2.15. The normalized spacial score (nSPS) is 16.5. The first kappa shape index (κ1) is 9.89. The molecule has 0 unspecified atom stereocenters. The average Bonchev–Trinajstić information content (AvgIpc) is 2.84. The molecule has 0 radical (unpaired) electrons. The Morgan fingerprint density at radius 2 is 2.20 bits per heavy atom. The molecule has 0 N–H and O–H groups in total. The number of amides is 1. The first-order chi connectivity index (χ1) is 7.25. The number of rotatable bonds is 2. The summed E-state index contributed by atoms with van der Waals surface area (Å²) in [7, 11) is 0. The Morgan fingerprint density at radius 3 is 2.80 bits per heavy atom. The predicted octanol–water partition coefficient (Wildman–Crippen LogP) is 1.01. The van der Waals surface area contributed by atoms with E-state index in [9.17, 15) is 4.79 Å². The topological polar surface area (TPSA) is 59.2 Å². The molecule has 0 aromatic carbocycles. The number of carbonyl (C=O) groups is 1. The van der Waals surface area contributed by atoms with E-state index in [1.807, 2.05) is 4.90 Å². The molecule has 0 saturated carbocycles. The van der Waals surface area contributed by atoms with Crippen molar-refractivity contribution in [3.05, 3.63) is 17.8 Å². The molecule has 0 aliphatic carbocycles. The summed E-state index contributed by atoms with van der Waals surface area (Å²) in [4.78, 5) is 17.4. The van der Waals surface area contributed by atoms with Crippen LogP contribution in [0.3, 0.4) is 0 Å². The number of hydrogen-bond donors (Lipinski definition) is 0. The Hall–Kier alpha value is -1.65. The van der Waals surface area contributed by atoms with Gasteiger partial charge in [0.1, 0.15) is 0 Å². The molecule has 0 bridgehead atoms. The van der Waals surface area contributed by atoms with E-state index < -0.39 is 0 Å². The van der Waals surface area contributed by atoms with E-state index in [-0.39, 0.29) is 5.91 Å². The van der Waals surface area contributed by atoms with Gasteiger partial charge in [0, 0.05) is 25.2 Å². The van der Waals surface area contributed by atoms with Crippen molar-refractivity contribution in [2.75, 3.05) is 13.1 Å². The predicted molar refractivity (Wildman–Crippen MR) is 53.9 cm³/mol. The summed E-state index contributed by atoms with van der Waals surface area (Å²) in [6.07, 6.45) is 5.23. The van der Waals surface area contributed by atoms with Gasteiger partial charge in [-0.1, -0.05) is 5.16 Å². The maximum atomic E-state index is 11.6. The molecule has 1 aromatic rings. The number of likely N-dealkylation sites (tertiary alicyclic amines) is 1. The zero-order valence-electron chi connectivity index (χ0n) is 8.64. The highest BCUT2D eigenvalue weighted by atomic mass is 16.5. The second-order valence-corrected chi connectivity index (χ2v) is 3.55. The van der Waals surface area contributed by atoms with Crippen molar-refractivity contribution in [3.63, 3.8) is 0 Å². The molecule has 1 aliphatic rings. The molecule has 5 heteroatoms. The van der Waals surface area contributed by atoms with Gasteiger partial charge in [-0.25, -0.2) is 0 Å². The molecule has 1 fully saturated rings. The molecule has 1 aromatic heterocycles. The van der Waals surface area contributed by atoms with Crippen molar-refractivity contribution in [2.24, 2.45) is 0 Å². The summed E-state index contributed by atoms with van der Waals surface area (Å²) >= 11 is 0. The van der Waals surface area contributed by atoms with E-state index in [4.69, 9.17) is 4.52 Å². The number of aryl methyl sites for hydroxylation is 1. The second kappa shape index (κ2) is 4.25. The standard InChI is InChI=1S/C10H13N3O2/c1-8-11-9(15-12-8)4-5-10(14)13-6-2-3-7-13/h4-5H,2-3,6-7H2,1H3/b5-4+. The zero-order valence-corrected chi connectivity index (χ0v) is 8.64. The highest BCUT2D eigenvalue weighted by Crippen LogP contribution is 2.08. The summed E-state index contributed by atoms with van der Waals surface area (Å²) in [5, 5.41) is 3.63. The number of nitrogens with zero attached hydrogens (tertiary/aromatic N) is 3. The fraction of sp³-hybridized carbons (Fsp3) is 0.500. The summed E-state index contributed by atoms with van der Waals surface area (Å²) in [6, 6.07) is 0. The first-order valence-electron chi connectivity index (χ1n) is 5.03. The summed E-state index contributed by atoms with van der Waals surface area (Å²) in [5.74, 6) is 0.965. The van der Waals surface area contributed by atoms with E-state index in [1.165, 1.54) is 6.08 Å². The largest absolute Gasteiger partial charge is 0.339 e.